The lowest BCUT2D eigenvalue weighted by molar-refractivity contribution is 0.799. The van der Waals surface area contributed by atoms with Crippen LogP contribution in [0.3, 0.4) is 0 Å². The van der Waals surface area contributed by atoms with Crippen LogP contribution in [-0.4, -0.2) is 279 Å². The molecule has 18 aromatic rings. The topological polar surface area (TPSA) is 553 Å². The van der Waals surface area contributed by atoms with Crippen LogP contribution >= 0.6 is 102 Å². The first-order valence-corrected chi connectivity index (χ1v) is 52.6. The minimum absolute atomic E-state index is 0.337. The van der Waals surface area contributed by atoms with Gasteiger partial charge in [0, 0.05) is 209 Å². The number of hydrogen-bond acceptors (Lipinski definition) is 45. The monoisotopic (exact) mass is 2090 g/mol. The van der Waals surface area contributed by atoms with Gasteiger partial charge in [0.15, 0.2) is 0 Å². The fourth-order valence-corrected chi connectivity index (χ4v) is 18.4. The number of aromatic nitrogens is 27. The summed E-state index contributed by atoms with van der Waals surface area (Å²) in [4.78, 5) is 51.3. The van der Waals surface area contributed by atoms with Gasteiger partial charge in [0.1, 0.15) is 0 Å². The highest BCUT2D eigenvalue weighted by Crippen LogP contribution is 2.22. The van der Waals surface area contributed by atoms with Crippen molar-refractivity contribution in [3.05, 3.63) is 202 Å². The second kappa shape index (κ2) is 59.4. The molecule has 0 aliphatic heterocycles. The van der Waals surface area contributed by atoms with Gasteiger partial charge in [-0.25, -0.2) is 30.6 Å². The molecule has 0 aromatic carbocycles. The summed E-state index contributed by atoms with van der Waals surface area (Å²) in [7, 11) is 28.8. The van der Waals surface area contributed by atoms with E-state index in [2.05, 4.69) is 320 Å². The predicted octanol–water partition coefficient (Wildman–Crippen LogP) is 12.4. The van der Waals surface area contributed by atoms with Crippen LogP contribution in [0.5, 0.6) is 0 Å². The smallest absolute Gasteiger partial charge is 0.246 e. The molecule has 141 heavy (non-hydrogen) atoms. The Labute approximate surface area is 856 Å². The standard InChI is InChI=1S/2C11H17N5S.3C10H15N5S.3C9H13N5S.C8H11N5S/c1-15(2)10-12-11(14-13-10)16(3)7-6-9-5-4-8-17-9;1-15(2)11-14-13-10(16(11)3)12-7-6-9-5-4-8-17-9;1-14(6-5-8-4-3-7-16-8)10-13-12-9(11)15(10)2;1-15(2)10-12-9(13-14-10)11-6-5-8-4-3-7-16-8;1-11-9-12-10(14-13-9)15(2)6-5-8-4-3-7-16-8;1-14(9-11-8(10)12-13-9)5-4-7-3-2-6-15-7;1-14-8(10)12-13-9(14)11-5-4-7-3-2-6-15-7;1-10-8-12-9(14-13-8)11-5-4-7-3-2-6-15-7;9-7-11-8(13-12-7)10-4-3-6-2-1-5-14-6/h4-5,8H,6-7H2,1-3H3,(H,12,13,14);4-5,8H,6-7H2,1-3H3,(H,12,13);3-4,7H,5-6H2,1-2H3,(H2,11,12);2*3-4,7H,5-6H2,1-2H3,(H2,11,12,13,14);2-3,6H,4-5H2,1H3,(H3,10,11,12,13);2-3,6H,4-5H2,1H3,(H2,10,12)(H,11,13);2-3,6H,4-5H2,1H3,(H3,10,11,12,13,14);1-2,5H,3-4H2,(H4,9,10,11,12,13). The van der Waals surface area contributed by atoms with Crippen LogP contribution in [-0.2, 0) is 78.9 Å². The largest absolute Gasteiger partial charge is 0.368 e. The van der Waals surface area contributed by atoms with Crippen molar-refractivity contribution in [1.29, 1.82) is 0 Å². The Morgan fingerprint density at radius 3 is 0.972 bits per heavy atom. The maximum Gasteiger partial charge on any atom is 0.246 e. The number of H-pyrrole nitrogens is 6. The molecule has 756 valence electrons. The zero-order chi connectivity index (χ0) is 100. The van der Waals surface area contributed by atoms with Crippen LogP contribution in [0.15, 0.2) is 158 Å². The first kappa shape index (κ1) is 109. The van der Waals surface area contributed by atoms with Crippen molar-refractivity contribution in [3.63, 3.8) is 0 Å². The number of nitrogens with one attached hydrogen (secondary N) is 13. The predicted molar refractivity (Wildman–Crippen MR) is 589 cm³/mol. The van der Waals surface area contributed by atoms with Crippen LogP contribution in [0, 0.1) is 0 Å². The van der Waals surface area contributed by atoms with E-state index in [1.165, 1.54) is 43.9 Å². The van der Waals surface area contributed by atoms with Gasteiger partial charge in [-0.3, -0.25) is 13.7 Å². The summed E-state index contributed by atoms with van der Waals surface area (Å²) >= 11 is 15.9. The number of likely N-dealkylation sites (N-methyl/N-ethyl adjacent to an activating group) is 4. The highest BCUT2D eigenvalue weighted by Gasteiger charge is 2.16. The Balaban J connectivity index is 0.000000163. The molecule has 18 aromatic heterocycles. The Morgan fingerprint density at radius 2 is 0.617 bits per heavy atom. The molecule has 18 rings (SSSR count). The zero-order valence-electron chi connectivity index (χ0n) is 81.8. The van der Waals surface area contributed by atoms with Crippen molar-refractivity contribution in [3.8, 4) is 0 Å². The van der Waals surface area contributed by atoms with Gasteiger partial charge in [0.05, 0.1) is 0 Å². The van der Waals surface area contributed by atoms with Crippen molar-refractivity contribution >= 4 is 209 Å². The summed E-state index contributed by atoms with van der Waals surface area (Å²) in [6, 6.07) is 37.8. The molecule has 0 saturated heterocycles. The van der Waals surface area contributed by atoms with Crippen LogP contribution in [0.25, 0.3) is 0 Å². The van der Waals surface area contributed by atoms with Crippen molar-refractivity contribution < 1.29 is 0 Å². The summed E-state index contributed by atoms with van der Waals surface area (Å²) in [6.45, 7) is 7.90. The maximum absolute atomic E-state index is 5.63. The lowest BCUT2D eigenvalue weighted by atomic mass is 10.3. The molecule has 0 aliphatic carbocycles. The Morgan fingerprint density at radius 1 is 0.284 bits per heavy atom. The molecule has 0 fully saturated rings. The van der Waals surface area contributed by atoms with Gasteiger partial charge in [-0.1, -0.05) is 54.6 Å². The molecule has 0 unspecified atom stereocenters. The highest BCUT2D eigenvalue weighted by atomic mass is 32.1. The summed E-state index contributed by atoms with van der Waals surface area (Å²) in [5, 5.41) is 105. The van der Waals surface area contributed by atoms with E-state index < -0.39 is 0 Å². The van der Waals surface area contributed by atoms with E-state index in [1.54, 1.807) is 118 Å². The van der Waals surface area contributed by atoms with E-state index in [9.17, 15) is 0 Å². The molecule has 54 heteroatoms. The third-order valence-electron chi connectivity index (χ3n) is 19.9. The fourth-order valence-electron chi connectivity index (χ4n) is 12.1. The zero-order valence-corrected chi connectivity index (χ0v) is 89.2. The minimum atomic E-state index is 0.337. The number of thiophene rings is 9. The maximum atomic E-state index is 5.63. The summed E-state index contributed by atoms with van der Waals surface area (Å²) in [5.74, 6) is 11.6. The van der Waals surface area contributed by atoms with Gasteiger partial charge in [-0.2, -0.15) is 29.9 Å². The number of aromatic amines is 6. The van der Waals surface area contributed by atoms with Crippen molar-refractivity contribution in [1.82, 2.24) is 135 Å². The van der Waals surface area contributed by atoms with Gasteiger partial charge in [0.25, 0.3) is 0 Å². The molecule has 21 N–H and O–H groups in total. The summed E-state index contributed by atoms with van der Waals surface area (Å²) < 4.78 is 5.47. The van der Waals surface area contributed by atoms with Crippen molar-refractivity contribution in [2.75, 3.05) is 238 Å². The summed E-state index contributed by atoms with van der Waals surface area (Å²) in [5.41, 5.74) is 22.0. The lowest BCUT2D eigenvalue weighted by Crippen LogP contribution is -2.23. The molecular formula is C87H129N45S9. The molecule has 0 spiro atoms. The van der Waals surface area contributed by atoms with Gasteiger partial charge in [-0.15, -0.1) is 163 Å². The average molecular weight is 2090 g/mol. The molecule has 0 aliphatic rings. The molecule has 0 atom stereocenters. The van der Waals surface area contributed by atoms with Crippen molar-refractivity contribution in [2.24, 2.45) is 21.1 Å². The second-order valence-electron chi connectivity index (χ2n) is 31.2. The number of hydrogen-bond donors (Lipinski definition) is 17. The Bertz CT molecular complexity index is 6160. The molecule has 45 nitrogen and oxygen atoms in total. The van der Waals surface area contributed by atoms with E-state index in [-0.39, 0.29) is 0 Å². The highest BCUT2D eigenvalue weighted by molar-refractivity contribution is 7.12. The number of nitrogens with zero attached hydrogens (tertiary/aromatic N) is 28. The molecule has 0 amide bonds. The first-order valence-electron chi connectivity index (χ1n) is 44.7. The van der Waals surface area contributed by atoms with Gasteiger partial charge in [0.2, 0.25) is 107 Å². The third kappa shape index (κ3) is 38.6. The minimum Gasteiger partial charge on any atom is -0.368 e. The van der Waals surface area contributed by atoms with E-state index in [0.717, 1.165) is 152 Å². The normalized spacial score (nSPS) is 10.4. The van der Waals surface area contributed by atoms with Crippen LogP contribution in [0.4, 0.5) is 107 Å². The number of rotatable bonds is 41. The second-order valence-corrected chi connectivity index (χ2v) is 40.5. The van der Waals surface area contributed by atoms with E-state index >= 15 is 0 Å². The number of nitrogen functional groups attached to an aromatic ring is 4. The number of nitrogens with two attached hydrogens (primary N) is 4. The van der Waals surface area contributed by atoms with E-state index in [0.29, 0.717) is 71.4 Å². The SMILES string of the molecule is CN(C)c1n[nH]c(N(C)CCc2cccs2)n1.CN(C)c1n[nH]c(NCCc2cccs2)n1.CN(C)c1nnc(NCCc2cccs2)n1C.CN(CCc1cccs1)c1n[nH]c(N)n1.CN(CCc1cccs1)c1nnc(N)n1C.CNc1n[nH]c(NCCc2cccs2)n1.CNc1nc(N(C)CCc2cccs2)n[nH]1.Cn1c(N)nnc1NCCc1cccs1.Nc1nc(NCCc2cccs2)n[nH]1. The van der Waals surface area contributed by atoms with E-state index in [1.807, 2.05) is 134 Å². The van der Waals surface area contributed by atoms with Crippen molar-refractivity contribution in [2.45, 2.75) is 57.8 Å². The molecule has 0 bridgehead atoms. The Hall–Kier alpha value is -14.0. The molecular weight excluding hydrogens is 1960 g/mol. The van der Waals surface area contributed by atoms with Gasteiger partial charge in [-0.05, 0) is 161 Å². The fraction of sp³-hybridized carbons (Fsp3) is 0.379. The van der Waals surface area contributed by atoms with Crippen LogP contribution in [0.1, 0.15) is 43.9 Å². The number of anilines is 18. The average Bonchev–Trinajstić information content (AvgIpc) is 1.70. The van der Waals surface area contributed by atoms with Gasteiger partial charge >= 0.3 is 0 Å². The molecule has 18 heterocycles. The quantitative estimate of drug-likeness (QED) is 0.0169. The van der Waals surface area contributed by atoms with Gasteiger partial charge < -0.3 is 94.5 Å². The molecule has 0 saturated carbocycles. The lowest BCUT2D eigenvalue weighted by Gasteiger charge is -2.16. The first-order chi connectivity index (χ1) is 68.3. The van der Waals surface area contributed by atoms with E-state index in [4.69, 9.17) is 22.9 Å². The third-order valence-corrected chi connectivity index (χ3v) is 28.3. The molecule has 0 radical (unpaired) electrons. The summed E-state index contributed by atoms with van der Waals surface area (Å²) in [6.07, 6.45) is 9.08. The van der Waals surface area contributed by atoms with Crippen LogP contribution < -0.4 is 94.5 Å². The van der Waals surface area contributed by atoms with Crippen LogP contribution in [0.2, 0.25) is 0 Å². The Kier molecular flexibility index (Phi) is 45.9.